The third kappa shape index (κ3) is 3.18. The molecule has 0 aliphatic carbocycles. The van der Waals surface area contributed by atoms with E-state index >= 15 is 0 Å². The molecule has 3 aromatic rings. The summed E-state index contributed by atoms with van der Waals surface area (Å²) in [5.41, 5.74) is 2.29. The van der Waals surface area contributed by atoms with E-state index in [1.54, 1.807) is 19.9 Å². The summed E-state index contributed by atoms with van der Waals surface area (Å²) >= 11 is 7.43. The van der Waals surface area contributed by atoms with E-state index in [1.165, 1.54) is 11.3 Å². The molecule has 0 unspecified atom stereocenters. The highest BCUT2D eigenvalue weighted by molar-refractivity contribution is 7.18. The van der Waals surface area contributed by atoms with Gasteiger partial charge in [-0.05, 0) is 26.8 Å². The lowest BCUT2D eigenvalue weighted by Crippen LogP contribution is -2.19. The standard InChI is InChI=1S/C16H15ClN4O2S/c1-8(13-9(2)21-23-10(13)3)14(22)18-16-20-19-15(24-16)11-6-4-5-7-12(11)17/h4-8H,1-3H3,(H,18,20,22)/t8-/m1/s1. The molecule has 0 fully saturated rings. The van der Waals surface area contributed by atoms with Crippen molar-refractivity contribution in [1.29, 1.82) is 0 Å². The molecule has 0 radical (unpaired) electrons. The van der Waals surface area contributed by atoms with Gasteiger partial charge in [0.1, 0.15) is 5.76 Å². The Bertz CT molecular complexity index is 870. The van der Waals surface area contributed by atoms with E-state index in [4.69, 9.17) is 16.1 Å². The van der Waals surface area contributed by atoms with Gasteiger partial charge >= 0.3 is 0 Å². The van der Waals surface area contributed by atoms with Gasteiger partial charge < -0.3 is 4.52 Å². The number of hydrogen-bond donors (Lipinski definition) is 1. The van der Waals surface area contributed by atoms with Gasteiger partial charge in [0.2, 0.25) is 11.0 Å². The Kier molecular flexibility index (Phi) is 4.64. The van der Waals surface area contributed by atoms with Crippen LogP contribution >= 0.6 is 22.9 Å². The fraction of sp³-hybridized carbons (Fsp3) is 0.250. The fourth-order valence-corrected chi connectivity index (χ4v) is 3.54. The summed E-state index contributed by atoms with van der Waals surface area (Å²) in [4.78, 5) is 12.5. The van der Waals surface area contributed by atoms with Crippen LogP contribution in [-0.2, 0) is 4.79 Å². The zero-order valence-corrected chi connectivity index (χ0v) is 14.9. The Labute approximate surface area is 147 Å². The zero-order chi connectivity index (χ0) is 17.3. The largest absolute Gasteiger partial charge is 0.361 e. The number of aryl methyl sites for hydroxylation is 2. The summed E-state index contributed by atoms with van der Waals surface area (Å²) < 4.78 is 5.12. The van der Waals surface area contributed by atoms with Gasteiger partial charge in [-0.3, -0.25) is 10.1 Å². The minimum Gasteiger partial charge on any atom is -0.361 e. The number of halogens is 1. The van der Waals surface area contributed by atoms with Crippen LogP contribution < -0.4 is 5.32 Å². The first-order chi connectivity index (χ1) is 11.5. The molecule has 0 aliphatic heterocycles. The van der Waals surface area contributed by atoms with Crippen LogP contribution in [0.5, 0.6) is 0 Å². The van der Waals surface area contributed by atoms with E-state index in [1.807, 2.05) is 25.1 Å². The molecule has 124 valence electrons. The van der Waals surface area contributed by atoms with E-state index in [0.717, 1.165) is 11.1 Å². The first-order valence-corrected chi connectivity index (χ1v) is 8.49. The number of nitrogens with zero attached hydrogens (tertiary/aromatic N) is 3. The Morgan fingerprint density at radius 3 is 2.71 bits per heavy atom. The van der Waals surface area contributed by atoms with Crippen LogP contribution in [0.2, 0.25) is 5.02 Å². The van der Waals surface area contributed by atoms with Crippen molar-refractivity contribution in [2.75, 3.05) is 5.32 Å². The molecule has 2 heterocycles. The number of anilines is 1. The maximum Gasteiger partial charge on any atom is 0.233 e. The molecule has 0 spiro atoms. The minimum atomic E-state index is -0.399. The molecule has 0 bridgehead atoms. The number of benzene rings is 1. The molecule has 2 aromatic heterocycles. The summed E-state index contributed by atoms with van der Waals surface area (Å²) in [6.07, 6.45) is 0. The molecule has 3 rings (SSSR count). The van der Waals surface area contributed by atoms with E-state index in [0.29, 0.717) is 26.6 Å². The highest BCUT2D eigenvalue weighted by Crippen LogP contribution is 2.32. The fourth-order valence-electron chi connectivity index (χ4n) is 2.47. The molecule has 0 saturated carbocycles. The predicted molar refractivity (Wildman–Crippen MR) is 93.4 cm³/mol. The van der Waals surface area contributed by atoms with Crippen molar-refractivity contribution in [3.63, 3.8) is 0 Å². The molecule has 1 N–H and O–H groups in total. The van der Waals surface area contributed by atoms with Crippen molar-refractivity contribution in [3.8, 4) is 10.6 Å². The smallest absolute Gasteiger partial charge is 0.233 e. The van der Waals surface area contributed by atoms with Crippen LogP contribution in [-0.4, -0.2) is 21.3 Å². The van der Waals surface area contributed by atoms with Gasteiger partial charge in [0.25, 0.3) is 0 Å². The maximum atomic E-state index is 12.5. The molecule has 0 saturated heterocycles. The normalized spacial score (nSPS) is 12.2. The topological polar surface area (TPSA) is 80.9 Å². The van der Waals surface area contributed by atoms with Crippen LogP contribution in [0.4, 0.5) is 5.13 Å². The lowest BCUT2D eigenvalue weighted by molar-refractivity contribution is -0.117. The van der Waals surface area contributed by atoms with Crippen molar-refractivity contribution < 1.29 is 9.32 Å². The van der Waals surface area contributed by atoms with E-state index in [2.05, 4.69) is 20.7 Å². The van der Waals surface area contributed by atoms with Gasteiger partial charge in [0.15, 0.2) is 5.01 Å². The summed E-state index contributed by atoms with van der Waals surface area (Å²) in [5.74, 6) is 0.0549. The SMILES string of the molecule is Cc1noc(C)c1[C@@H](C)C(=O)Nc1nnc(-c2ccccc2Cl)s1. The molecular weight excluding hydrogens is 348 g/mol. The van der Waals surface area contributed by atoms with Crippen LogP contribution in [0.25, 0.3) is 10.6 Å². The summed E-state index contributed by atoms with van der Waals surface area (Å²) in [7, 11) is 0. The van der Waals surface area contributed by atoms with E-state index in [-0.39, 0.29) is 5.91 Å². The van der Waals surface area contributed by atoms with E-state index < -0.39 is 5.92 Å². The Balaban J connectivity index is 1.78. The second kappa shape index (κ2) is 6.70. The Hall–Kier alpha value is -2.25. The number of carbonyl (C=O) groups excluding carboxylic acids is 1. The molecule has 1 atom stereocenters. The summed E-state index contributed by atoms with van der Waals surface area (Å²) in [6.45, 7) is 5.41. The highest BCUT2D eigenvalue weighted by atomic mass is 35.5. The van der Waals surface area contributed by atoms with Gasteiger partial charge in [-0.15, -0.1) is 10.2 Å². The number of amides is 1. The van der Waals surface area contributed by atoms with Crippen molar-refractivity contribution in [3.05, 3.63) is 46.3 Å². The van der Waals surface area contributed by atoms with Gasteiger partial charge in [0, 0.05) is 11.1 Å². The number of nitrogens with one attached hydrogen (secondary N) is 1. The molecule has 24 heavy (non-hydrogen) atoms. The monoisotopic (exact) mass is 362 g/mol. The predicted octanol–water partition coefficient (Wildman–Crippen LogP) is 4.21. The lowest BCUT2D eigenvalue weighted by Gasteiger charge is -2.09. The average Bonchev–Trinajstić information content (AvgIpc) is 3.14. The molecule has 6 nitrogen and oxygen atoms in total. The summed E-state index contributed by atoms with van der Waals surface area (Å²) in [6, 6.07) is 7.37. The van der Waals surface area contributed by atoms with Crippen molar-refractivity contribution in [1.82, 2.24) is 15.4 Å². The molecule has 1 aromatic carbocycles. The van der Waals surface area contributed by atoms with Crippen LogP contribution in [0.15, 0.2) is 28.8 Å². The van der Waals surface area contributed by atoms with Crippen LogP contribution in [0.3, 0.4) is 0 Å². The van der Waals surface area contributed by atoms with Crippen LogP contribution in [0.1, 0.15) is 29.9 Å². The van der Waals surface area contributed by atoms with Gasteiger partial charge in [-0.25, -0.2) is 0 Å². The molecule has 1 amide bonds. The Morgan fingerprint density at radius 2 is 2.04 bits per heavy atom. The summed E-state index contributed by atoms with van der Waals surface area (Å²) in [5, 5.41) is 16.5. The molecular formula is C16H15ClN4O2S. The van der Waals surface area contributed by atoms with Gasteiger partial charge in [-0.1, -0.05) is 46.3 Å². The Morgan fingerprint density at radius 1 is 1.29 bits per heavy atom. The minimum absolute atomic E-state index is 0.189. The van der Waals surface area contributed by atoms with Crippen LogP contribution in [0, 0.1) is 13.8 Å². The second-order valence-electron chi connectivity index (χ2n) is 5.34. The third-order valence-electron chi connectivity index (χ3n) is 3.67. The first-order valence-electron chi connectivity index (χ1n) is 7.29. The lowest BCUT2D eigenvalue weighted by atomic mass is 9.99. The maximum absolute atomic E-state index is 12.5. The quantitative estimate of drug-likeness (QED) is 0.752. The van der Waals surface area contributed by atoms with Crippen molar-refractivity contribution in [2.45, 2.75) is 26.7 Å². The number of hydrogen-bond acceptors (Lipinski definition) is 6. The number of carbonyl (C=O) groups is 1. The highest BCUT2D eigenvalue weighted by Gasteiger charge is 2.24. The van der Waals surface area contributed by atoms with Crippen molar-refractivity contribution in [2.24, 2.45) is 0 Å². The molecule has 0 aliphatic rings. The van der Waals surface area contributed by atoms with Gasteiger partial charge in [-0.2, -0.15) is 0 Å². The van der Waals surface area contributed by atoms with E-state index in [9.17, 15) is 4.79 Å². The number of aromatic nitrogens is 3. The average molecular weight is 363 g/mol. The first kappa shape index (κ1) is 16.6. The number of rotatable bonds is 4. The molecule has 8 heteroatoms. The van der Waals surface area contributed by atoms with Crippen molar-refractivity contribution >= 4 is 34.0 Å². The second-order valence-corrected chi connectivity index (χ2v) is 6.73. The zero-order valence-electron chi connectivity index (χ0n) is 13.3. The van der Waals surface area contributed by atoms with Gasteiger partial charge in [0.05, 0.1) is 16.6 Å². The third-order valence-corrected chi connectivity index (χ3v) is 4.88.